The van der Waals surface area contributed by atoms with Gasteiger partial charge in [-0.3, -0.25) is 9.59 Å². The molecule has 0 bridgehead atoms. The van der Waals surface area contributed by atoms with Gasteiger partial charge in [0, 0.05) is 25.1 Å². The summed E-state index contributed by atoms with van der Waals surface area (Å²) in [6, 6.07) is 2.81. The van der Waals surface area contributed by atoms with Crippen LogP contribution in [0.2, 0.25) is 0 Å². The Morgan fingerprint density at radius 2 is 1.78 bits per heavy atom. The first-order chi connectivity index (χ1) is 12.4. The molecule has 0 fully saturated rings. The van der Waals surface area contributed by atoms with E-state index in [1.807, 2.05) is 13.0 Å². The lowest BCUT2D eigenvalue weighted by Gasteiger charge is -2.39. The molecule has 2 rings (SSSR count). The third kappa shape index (κ3) is 4.21. The number of rotatable bonds is 4. The van der Waals surface area contributed by atoms with Crippen LogP contribution in [0.5, 0.6) is 0 Å². The Kier molecular flexibility index (Phi) is 5.50. The molecule has 7 heteroatoms. The highest BCUT2D eigenvalue weighted by molar-refractivity contribution is 6.03. The van der Waals surface area contributed by atoms with E-state index >= 15 is 0 Å². The Bertz CT molecular complexity index is 871. The molecule has 144 valence electrons. The van der Waals surface area contributed by atoms with Gasteiger partial charge in [0.15, 0.2) is 17.4 Å². The first kappa shape index (κ1) is 20.7. The molecule has 0 radical (unpaired) electrons. The number of carbonyl (C=O) groups is 2. The van der Waals surface area contributed by atoms with Gasteiger partial charge in [0.05, 0.1) is 11.1 Å². The fourth-order valence-electron chi connectivity index (χ4n) is 3.58. The fourth-order valence-corrected chi connectivity index (χ4v) is 3.58. The summed E-state index contributed by atoms with van der Waals surface area (Å²) in [5, 5.41) is 9.21. The van der Waals surface area contributed by atoms with Gasteiger partial charge in [-0.15, -0.1) is 0 Å². The topological polar surface area (TPSA) is 61.2 Å². The summed E-state index contributed by atoms with van der Waals surface area (Å²) < 4.78 is 40.2. The largest absolute Gasteiger partial charge is 0.342 e. The van der Waals surface area contributed by atoms with Crippen LogP contribution < -0.4 is 0 Å². The van der Waals surface area contributed by atoms with Crippen molar-refractivity contribution in [3.63, 3.8) is 0 Å². The number of nitrogens with zero attached hydrogens (tertiary/aromatic N) is 2. The van der Waals surface area contributed by atoms with Gasteiger partial charge < -0.3 is 4.90 Å². The molecule has 0 heterocycles. The van der Waals surface area contributed by atoms with E-state index in [0.717, 1.165) is 0 Å². The molecule has 0 spiro atoms. The van der Waals surface area contributed by atoms with E-state index in [-0.39, 0.29) is 17.9 Å². The van der Waals surface area contributed by atoms with E-state index in [9.17, 15) is 28.0 Å². The van der Waals surface area contributed by atoms with Gasteiger partial charge in [-0.25, -0.2) is 13.2 Å². The molecule has 0 saturated heterocycles. The summed E-state index contributed by atoms with van der Waals surface area (Å²) in [6.45, 7) is 5.61. The van der Waals surface area contributed by atoms with E-state index in [1.165, 1.54) is 11.9 Å². The lowest BCUT2D eigenvalue weighted by atomic mass is 9.64. The van der Waals surface area contributed by atoms with Crippen LogP contribution in [-0.4, -0.2) is 30.2 Å². The molecule has 0 aromatic heterocycles. The van der Waals surface area contributed by atoms with Crippen LogP contribution in [0.1, 0.15) is 44.0 Å². The van der Waals surface area contributed by atoms with Crippen molar-refractivity contribution < 1.29 is 22.8 Å². The predicted octanol–water partition coefficient (Wildman–Crippen LogP) is 4.02. The minimum absolute atomic E-state index is 0.0920. The number of allylic oxidation sites excluding steroid dienone is 2. The summed E-state index contributed by atoms with van der Waals surface area (Å²) in [5.74, 6) is -4.77. The first-order valence-electron chi connectivity index (χ1n) is 8.48. The SMILES string of the molecule is CN(CC[C@]1(C)C=C(C#N)C(=O)C(C)(C)C1)C(=O)c1cc(F)c(F)cc1F. The zero-order valence-corrected chi connectivity index (χ0v) is 15.7. The minimum atomic E-state index is -1.36. The van der Waals surface area contributed by atoms with Gasteiger partial charge in [-0.2, -0.15) is 5.26 Å². The third-order valence-electron chi connectivity index (χ3n) is 4.92. The van der Waals surface area contributed by atoms with Crippen LogP contribution >= 0.6 is 0 Å². The molecule has 4 nitrogen and oxygen atoms in total. The number of benzene rings is 1. The molecule has 1 aromatic carbocycles. The highest BCUT2D eigenvalue weighted by Crippen LogP contribution is 2.44. The molecule has 1 aliphatic rings. The third-order valence-corrected chi connectivity index (χ3v) is 4.92. The number of ketones is 1. The van der Waals surface area contributed by atoms with Gasteiger partial charge in [0.25, 0.3) is 5.91 Å². The number of nitriles is 1. The molecule has 0 unspecified atom stereocenters. The molecular weight excluding hydrogens is 357 g/mol. The van der Waals surface area contributed by atoms with Gasteiger partial charge in [-0.05, 0) is 24.3 Å². The second kappa shape index (κ2) is 7.18. The number of carbonyl (C=O) groups excluding carboxylic acids is 2. The summed E-state index contributed by atoms with van der Waals surface area (Å²) in [4.78, 5) is 25.8. The van der Waals surface area contributed by atoms with Gasteiger partial charge in [0.1, 0.15) is 11.9 Å². The molecule has 0 aliphatic heterocycles. The van der Waals surface area contributed by atoms with Crippen molar-refractivity contribution in [1.29, 1.82) is 5.26 Å². The number of halogens is 3. The van der Waals surface area contributed by atoms with Crippen LogP contribution in [0.3, 0.4) is 0 Å². The maximum Gasteiger partial charge on any atom is 0.256 e. The molecule has 0 N–H and O–H groups in total. The smallest absolute Gasteiger partial charge is 0.256 e. The van der Waals surface area contributed by atoms with Crippen molar-refractivity contribution in [2.45, 2.75) is 33.6 Å². The summed E-state index contributed by atoms with van der Waals surface area (Å²) >= 11 is 0. The van der Waals surface area contributed by atoms with Crippen molar-refractivity contribution in [2.24, 2.45) is 10.8 Å². The maximum absolute atomic E-state index is 13.8. The van der Waals surface area contributed by atoms with Gasteiger partial charge in [0.2, 0.25) is 0 Å². The molecule has 1 amide bonds. The van der Waals surface area contributed by atoms with Crippen LogP contribution in [0.25, 0.3) is 0 Å². The second-order valence-electron chi connectivity index (χ2n) is 7.94. The van der Waals surface area contributed by atoms with Crippen molar-refractivity contribution >= 4 is 11.7 Å². The Morgan fingerprint density at radius 1 is 1.19 bits per heavy atom. The van der Waals surface area contributed by atoms with Gasteiger partial charge >= 0.3 is 0 Å². The Morgan fingerprint density at radius 3 is 2.37 bits per heavy atom. The highest BCUT2D eigenvalue weighted by atomic mass is 19.2. The van der Waals surface area contributed by atoms with Crippen LogP contribution in [0.15, 0.2) is 23.8 Å². The van der Waals surface area contributed by atoms with Crippen LogP contribution in [0.4, 0.5) is 13.2 Å². The number of Topliss-reactive ketones (excluding diaryl/α,β-unsaturated/α-hetero) is 1. The van der Waals surface area contributed by atoms with Crippen LogP contribution in [-0.2, 0) is 4.79 Å². The normalized spacial score (nSPS) is 21.4. The summed E-state index contributed by atoms with van der Waals surface area (Å²) in [7, 11) is 1.43. The van der Waals surface area contributed by atoms with Crippen molar-refractivity contribution in [3.8, 4) is 6.07 Å². The number of hydrogen-bond acceptors (Lipinski definition) is 3. The van der Waals surface area contributed by atoms with Crippen molar-refractivity contribution in [2.75, 3.05) is 13.6 Å². The molecule has 1 aromatic rings. The molecule has 0 saturated carbocycles. The Labute approximate surface area is 156 Å². The Hall–Kier alpha value is -2.62. The fraction of sp³-hybridized carbons (Fsp3) is 0.450. The van der Waals surface area contributed by atoms with E-state index in [0.29, 0.717) is 25.0 Å². The van der Waals surface area contributed by atoms with Crippen LogP contribution in [0, 0.1) is 39.6 Å². The number of hydrogen-bond donors (Lipinski definition) is 0. The molecule has 27 heavy (non-hydrogen) atoms. The number of amides is 1. The monoisotopic (exact) mass is 378 g/mol. The quantitative estimate of drug-likeness (QED) is 0.744. The van der Waals surface area contributed by atoms with Gasteiger partial charge in [-0.1, -0.05) is 26.8 Å². The van der Waals surface area contributed by atoms with E-state index < -0.39 is 39.8 Å². The highest BCUT2D eigenvalue weighted by Gasteiger charge is 2.42. The average molecular weight is 378 g/mol. The minimum Gasteiger partial charge on any atom is -0.342 e. The zero-order valence-electron chi connectivity index (χ0n) is 15.7. The maximum atomic E-state index is 13.8. The first-order valence-corrected chi connectivity index (χ1v) is 8.48. The average Bonchev–Trinajstić information content (AvgIpc) is 2.58. The standard InChI is InChI=1S/C20H21F3N2O2/c1-19(2)11-20(3,9-12(10-24)17(19)26)5-6-25(4)18(27)13-7-15(22)16(23)8-14(13)21/h7-9H,5-6,11H2,1-4H3/t20-/m1/s1. The molecular formula is C20H21F3N2O2. The predicted molar refractivity (Wildman–Crippen MR) is 93.1 cm³/mol. The lowest BCUT2D eigenvalue weighted by molar-refractivity contribution is -0.125. The Balaban J connectivity index is 2.17. The summed E-state index contributed by atoms with van der Waals surface area (Å²) in [6.07, 6.45) is 2.53. The second-order valence-corrected chi connectivity index (χ2v) is 7.94. The van der Waals surface area contributed by atoms with E-state index in [4.69, 9.17) is 0 Å². The lowest BCUT2D eigenvalue weighted by Crippen LogP contribution is -2.39. The van der Waals surface area contributed by atoms with E-state index in [2.05, 4.69) is 0 Å². The van der Waals surface area contributed by atoms with Crippen molar-refractivity contribution in [1.82, 2.24) is 4.90 Å². The van der Waals surface area contributed by atoms with Crippen molar-refractivity contribution in [3.05, 3.63) is 46.8 Å². The molecule has 1 aliphatic carbocycles. The zero-order chi connectivity index (χ0) is 20.6. The summed E-state index contributed by atoms with van der Waals surface area (Å²) in [5.41, 5.74) is -1.67. The van der Waals surface area contributed by atoms with E-state index in [1.54, 1.807) is 19.9 Å². The molecule has 1 atom stereocenters.